The standard InChI is InChI=1S/C11H19N7/c1-7(2)11(12)9-5-18(16-14-9)6-10-15-13-8(3)17(10)4/h5,7,11H,6,12H2,1-4H3. The van der Waals surface area contributed by atoms with Gasteiger partial charge < -0.3 is 10.3 Å². The molecule has 2 heterocycles. The zero-order valence-electron chi connectivity index (χ0n) is 11.2. The highest BCUT2D eigenvalue weighted by Gasteiger charge is 2.15. The molecule has 0 bridgehead atoms. The minimum atomic E-state index is -0.0833. The van der Waals surface area contributed by atoms with E-state index in [9.17, 15) is 0 Å². The van der Waals surface area contributed by atoms with Gasteiger partial charge in [-0.3, -0.25) is 0 Å². The lowest BCUT2D eigenvalue weighted by Gasteiger charge is -2.11. The third kappa shape index (κ3) is 2.40. The fraction of sp³-hybridized carbons (Fsp3) is 0.636. The van der Waals surface area contributed by atoms with E-state index >= 15 is 0 Å². The highest BCUT2D eigenvalue weighted by atomic mass is 15.4. The molecule has 1 unspecified atom stereocenters. The zero-order valence-corrected chi connectivity index (χ0v) is 11.2. The third-order valence-electron chi connectivity index (χ3n) is 3.10. The number of rotatable bonds is 4. The van der Waals surface area contributed by atoms with Gasteiger partial charge in [-0.05, 0) is 12.8 Å². The smallest absolute Gasteiger partial charge is 0.154 e. The van der Waals surface area contributed by atoms with E-state index in [1.54, 1.807) is 4.68 Å². The SMILES string of the molecule is Cc1nnc(Cn2cc(C(N)C(C)C)nn2)n1C. The van der Waals surface area contributed by atoms with E-state index in [0.29, 0.717) is 12.5 Å². The Labute approximate surface area is 106 Å². The van der Waals surface area contributed by atoms with Crippen molar-refractivity contribution in [2.45, 2.75) is 33.4 Å². The summed E-state index contributed by atoms with van der Waals surface area (Å²) in [5, 5.41) is 16.3. The molecule has 2 N–H and O–H groups in total. The molecule has 0 aliphatic rings. The van der Waals surface area contributed by atoms with Crippen molar-refractivity contribution in [2.75, 3.05) is 0 Å². The van der Waals surface area contributed by atoms with Gasteiger partial charge in [-0.25, -0.2) is 4.68 Å². The van der Waals surface area contributed by atoms with Crippen LogP contribution in [0, 0.1) is 12.8 Å². The van der Waals surface area contributed by atoms with Crippen molar-refractivity contribution >= 4 is 0 Å². The lowest BCUT2D eigenvalue weighted by Crippen LogP contribution is -2.17. The molecule has 0 saturated carbocycles. The monoisotopic (exact) mass is 249 g/mol. The molecule has 0 saturated heterocycles. The fourth-order valence-corrected chi connectivity index (χ4v) is 1.62. The summed E-state index contributed by atoms with van der Waals surface area (Å²) in [5.41, 5.74) is 6.84. The minimum absolute atomic E-state index is 0.0833. The van der Waals surface area contributed by atoms with Crippen molar-refractivity contribution in [1.29, 1.82) is 0 Å². The number of aryl methyl sites for hydroxylation is 1. The first-order valence-corrected chi connectivity index (χ1v) is 5.99. The molecule has 2 aromatic rings. The average molecular weight is 249 g/mol. The maximum Gasteiger partial charge on any atom is 0.154 e. The Kier molecular flexibility index (Phi) is 3.42. The number of nitrogens with two attached hydrogens (primary N) is 1. The third-order valence-corrected chi connectivity index (χ3v) is 3.10. The summed E-state index contributed by atoms with van der Waals surface area (Å²) in [6.45, 7) is 6.60. The number of aromatic nitrogens is 6. The van der Waals surface area contributed by atoms with Crippen LogP contribution in [0.3, 0.4) is 0 Å². The van der Waals surface area contributed by atoms with E-state index in [2.05, 4.69) is 34.4 Å². The molecule has 2 aromatic heterocycles. The summed E-state index contributed by atoms with van der Waals surface area (Å²) >= 11 is 0. The average Bonchev–Trinajstić information content (AvgIpc) is 2.90. The fourth-order valence-electron chi connectivity index (χ4n) is 1.62. The van der Waals surface area contributed by atoms with Crippen molar-refractivity contribution < 1.29 is 0 Å². The van der Waals surface area contributed by atoms with Crippen LogP contribution in [-0.4, -0.2) is 29.8 Å². The lowest BCUT2D eigenvalue weighted by atomic mass is 10.0. The van der Waals surface area contributed by atoms with Crippen LogP contribution in [0.2, 0.25) is 0 Å². The van der Waals surface area contributed by atoms with Crippen LogP contribution < -0.4 is 5.73 Å². The zero-order chi connectivity index (χ0) is 13.3. The molecular weight excluding hydrogens is 230 g/mol. The maximum atomic E-state index is 6.03. The van der Waals surface area contributed by atoms with E-state index in [1.807, 2.05) is 24.7 Å². The van der Waals surface area contributed by atoms with Crippen molar-refractivity contribution in [3.05, 3.63) is 23.5 Å². The summed E-state index contributed by atoms with van der Waals surface area (Å²) in [6.07, 6.45) is 1.87. The normalized spacial score (nSPS) is 13.2. The summed E-state index contributed by atoms with van der Waals surface area (Å²) in [5.74, 6) is 2.07. The van der Waals surface area contributed by atoms with Crippen molar-refractivity contribution in [3.63, 3.8) is 0 Å². The van der Waals surface area contributed by atoms with Gasteiger partial charge in [-0.15, -0.1) is 15.3 Å². The summed E-state index contributed by atoms with van der Waals surface area (Å²) in [4.78, 5) is 0. The minimum Gasteiger partial charge on any atom is -0.322 e. The highest BCUT2D eigenvalue weighted by Crippen LogP contribution is 2.15. The maximum absolute atomic E-state index is 6.03. The van der Waals surface area contributed by atoms with Gasteiger partial charge in [0, 0.05) is 7.05 Å². The Bertz CT molecular complexity index is 525. The van der Waals surface area contributed by atoms with E-state index < -0.39 is 0 Å². The van der Waals surface area contributed by atoms with Gasteiger partial charge in [0.2, 0.25) is 0 Å². The second-order valence-corrected chi connectivity index (χ2v) is 4.83. The molecule has 0 aliphatic carbocycles. The molecule has 0 amide bonds. The first-order valence-electron chi connectivity index (χ1n) is 5.99. The quantitative estimate of drug-likeness (QED) is 0.848. The molecule has 18 heavy (non-hydrogen) atoms. The van der Waals surface area contributed by atoms with Gasteiger partial charge in [0.1, 0.15) is 12.4 Å². The molecule has 0 spiro atoms. The van der Waals surface area contributed by atoms with Crippen molar-refractivity contribution in [2.24, 2.45) is 18.7 Å². The van der Waals surface area contributed by atoms with Gasteiger partial charge in [-0.1, -0.05) is 19.1 Å². The molecular formula is C11H19N7. The summed E-state index contributed by atoms with van der Waals surface area (Å²) in [6, 6.07) is -0.0833. The van der Waals surface area contributed by atoms with Gasteiger partial charge in [0.05, 0.1) is 17.9 Å². The molecule has 7 nitrogen and oxygen atoms in total. The topological polar surface area (TPSA) is 87.4 Å². The van der Waals surface area contributed by atoms with Crippen molar-refractivity contribution in [3.8, 4) is 0 Å². The van der Waals surface area contributed by atoms with Gasteiger partial charge in [0.15, 0.2) is 5.82 Å². The van der Waals surface area contributed by atoms with Crippen LogP contribution in [0.4, 0.5) is 0 Å². The van der Waals surface area contributed by atoms with Crippen LogP contribution in [0.25, 0.3) is 0 Å². The number of hydrogen-bond donors (Lipinski definition) is 1. The highest BCUT2D eigenvalue weighted by molar-refractivity contribution is 5.02. The first-order chi connectivity index (χ1) is 8.49. The van der Waals surface area contributed by atoms with Crippen LogP contribution in [0.15, 0.2) is 6.20 Å². The predicted molar refractivity (Wildman–Crippen MR) is 66.6 cm³/mol. The first kappa shape index (κ1) is 12.7. The summed E-state index contributed by atoms with van der Waals surface area (Å²) in [7, 11) is 1.93. The molecule has 0 aliphatic heterocycles. The Morgan fingerprint density at radius 1 is 1.28 bits per heavy atom. The molecule has 98 valence electrons. The molecule has 0 aromatic carbocycles. The number of hydrogen-bond acceptors (Lipinski definition) is 5. The Morgan fingerprint density at radius 3 is 2.56 bits per heavy atom. The Balaban J connectivity index is 2.14. The molecule has 7 heteroatoms. The molecule has 1 atom stereocenters. The van der Waals surface area contributed by atoms with Crippen LogP contribution in [0.1, 0.15) is 37.2 Å². The molecule has 0 radical (unpaired) electrons. The largest absolute Gasteiger partial charge is 0.322 e. The van der Waals surface area contributed by atoms with E-state index in [-0.39, 0.29) is 6.04 Å². The second kappa shape index (κ2) is 4.85. The van der Waals surface area contributed by atoms with E-state index in [1.165, 1.54) is 0 Å². The second-order valence-electron chi connectivity index (χ2n) is 4.83. The van der Waals surface area contributed by atoms with E-state index in [4.69, 9.17) is 5.73 Å². The van der Waals surface area contributed by atoms with Crippen molar-refractivity contribution in [1.82, 2.24) is 29.8 Å². The molecule has 0 fully saturated rings. The Hall–Kier alpha value is -1.76. The number of nitrogens with zero attached hydrogens (tertiary/aromatic N) is 6. The van der Waals surface area contributed by atoms with Gasteiger partial charge in [0.25, 0.3) is 0 Å². The van der Waals surface area contributed by atoms with Gasteiger partial charge >= 0.3 is 0 Å². The van der Waals surface area contributed by atoms with Crippen LogP contribution in [-0.2, 0) is 13.6 Å². The predicted octanol–water partition coefficient (Wildman–Crippen LogP) is 0.419. The van der Waals surface area contributed by atoms with Gasteiger partial charge in [-0.2, -0.15) is 0 Å². The molecule has 2 rings (SSSR count). The van der Waals surface area contributed by atoms with Crippen LogP contribution in [0.5, 0.6) is 0 Å². The Morgan fingerprint density at radius 2 is 2.00 bits per heavy atom. The summed E-state index contributed by atoms with van der Waals surface area (Å²) < 4.78 is 3.67. The van der Waals surface area contributed by atoms with Crippen LogP contribution >= 0.6 is 0 Å². The van der Waals surface area contributed by atoms with E-state index in [0.717, 1.165) is 17.3 Å². The lowest BCUT2D eigenvalue weighted by molar-refractivity contribution is 0.502.